The molecule has 0 saturated carbocycles. The van der Waals surface area contributed by atoms with Crippen molar-refractivity contribution in [2.24, 2.45) is 0 Å². The first-order chi connectivity index (χ1) is 13.8. The summed E-state index contributed by atoms with van der Waals surface area (Å²) < 4.78 is 2.02. The summed E-state index contributed by atoms with van der Waals surface area (Å²) in [5.74, 6) is 0.574. The van der Waals surface area contributed by atoms with Gasteiger partial charge in [0.25, 0.3) is 0 Å². The molecule has 4 aromatic rings. The van der Waals surface area contributed by atoms with Gasteiger partial charge in [0.15, 0.2) is 0 Å². The summed E-state index contributed by atoms with van der Waals surface area (Å²) in [7, 11) is 0. The number of benzene rings is 2. The molecule has 2 aromatic carbocycles. The predicted molar refractivity (Wildman–Crippen MR) is 115 cm³/mol. The fraction of sp³-hybridized carbons (Fsp3) is 0.136. The van der Waals surface area contributed by atoms with E-state index in [1.54, 1.807) is 18.0 Å². The van der Waals surface area contributed by atoms with Crippen LogP contribution in [0.1, 0.15) is 12.6 Å². The summed E-state index contributed by atoms with van der Waals surface area (Å²) in [5, 5.41) is 9.09. The Balaban J connectivity index is 1.79. The molecule has 0 bridgehead atoms. The number of hydrogen-bond donors (Lipinski definition) is 1. The highest BCUT2D eigenvalue weighted by Crippen LogP contribution is 2.34. The molecule has 140 valence electrons. The van der Waals surface area contributed by atoms with Gasteiger partial charge in [-0.1, -0.05) is 43.3 Å². The van der Waals surface area contributed by atoms with Crippen LogP contribution in [0.2, 0.25) is 0 Å². The second-order valence-corrected chi connectivity index (χ2v) is 6.98. The lowest BCUT2D eigenvalue weighted by atomic mass is 10.1. The van der Waals surface area contributed by atoms with E-state index in [-0.39, 0.29) is 0 Å². The smallest absolute Gasteiger partial charge is 0.227 e. The largest absolute Gasteiger partial charge is 0.324 e. The van der Waals surface area contributed by atoms with Crippen LogP contribution in [-0.2, 0) is 6.42 Å². The van der Waals surface area contributed by atoms with Crippen molar-refractivity contribution in [2.75, 3.05) is 11.6 Å². The van der Waals surface area contributed by atoms with Crippen molar-refractivity contribution < 1.29 is 0 Å². The molecule has 0 unspecified atom stereocenters. The third kappa shape index (κ3) is 3.64. The van der Waals surface area contributed by atoms with E-state index in [2.05, 4.69) is 29.4 Å². The van der Waals surface area contributed by atoms with Crippen LogP contribution in [0.25, 0.3) is 16.9 Å². The normalized spacial score (nSPS) is 10.8. The van der Waals surface area contributed by atoms with Crippen LogP contribution in [0.4, 0.5) is 11.6 Å². The van der Waals surface area contributed by atoms with Crippen molar-refractivity contribution in [2.45, 2.75) is 18.4 Å². The number of nitrogens with one attached hydrogen (secondary N) is 1. The van der Waals surface area contributed by atoms with Gasteiger partial charge in [-0.2, -0.15) is 5.10 Å². The lowest BCUT2D eigenvalue weighted by Crippen LogP contribution is -2.02. The van der Waals surface area contributed by atoms with Gasteiger partial charge in [0, 0.05) is 11.9 Å². The molecule has 0 atom stereocenters. The predicted octanol–water partition coefficient (Wildman–Crippen LogP) is 5.36. The average molecular weight is 388 g/mol. The molecule has 0 amide bonds. The van der Waals surface area contributed by atoms with E-state index in [0.717, 1.165) is 39.8 Å². The van der Waals surface area contributed by atoms with E-state index in [0.29, 0.717) is 5.95 Å². The number of nitrogens with zero attached hydrogens (tertiary/aromatic N) is 4. The average Bonchev–Trinajstić information content (AvgIpc) is 3.14. The minimum atomic E-state index is 0.574. The number of hydrogen-bond acceptors (Lipinski definition) is 5. The second-order valence-electron chi connectivity index (χ2n) is 6.19. The lowest BCUT2D eigenvalue weighted by Gasteiger charge is -2.09. The Morgan fingerprint density at radius 3 is 2.36 bits per heavy atom. The molecule has 6 heteroatoms. The van der Waals surface area contributed by atoms with Crippen molar-refractivity contribution in [3.8, 4) is 16.9 Å². The van der Waals surface area contributed by atoms with Gasteiger partial charge in [-0.05, 0) is 43.0 Å². The van der Waals surface area contributed by atoms with Gasteiger partial charge in [0.2, 0.25) is 5.95 Å². The fourth-order valence-corrected chi connectivity index (χ4v) is 3.74. The van der Waals surface area contributed by atoms with Gasteiger partial charge in [-0.25, -0.2) is 14.6 Å². The van der Waals surface area contributed by atoms with E-state index in [1.807, 2.05) is 65.5 Å². The molecule has 0 spiro atoms. The van der Waals surface area contributed by atoms with Crippen LogP contribution in [0.5, 0.6) is 0 Å². The molecule has 0 fully saturated rings. The summed E-state index contributed by atoms with van der Waals surface area (Å²) in [4.78, 5) is 9.15. The topological polar surface area (TPSA) is 55.6 Å². The number of anilines is 2. The molecule has 1 N–H and O–H groups in total. The zero-order chi connectivity index (χ0) is 19.3. The Kier molecular flexibility index (Phi) is 5.39. The van der Waals surface area contributed by atoms with Crippen molar-refractivity contribution in [3.63, 3.8) is 0 Å². The highest BCUT2D eigenvalue weighted by molar-refractivity contribution is 7.98. The maximum Gasteiger partial charge on any atom is 0.227 e. The minimum Gasteiger partial charge on any atom is -0.324 e. The van der Waals surface area contributed by atoms with Gasteiger partial charge < -0.3 is 5.32 Å². The van der Waals surface area contributed by atoms with Crippen molar-refractivity contribution >= 4 is 23.4 Å². The molecule has 0 aliphatic rings. The van der Waals surface area contributed by atoms with Crippen LogP contribution >= 0.6 is 11.8 Å². The monoisotopic (exact) mass is 387 g/mol. The van der Waals surface area contributed by atoms with Gasteiger partial charge in [0.05, 0.1) is 22.6 Å². The summed E-state index contributed by atoms with van der Waals surface area (Å²) >= 11 is 1.63. The summed E-state index contributed by atoms with van der Waals surface area (Å²) in [6.07, 6.45) is 4.69. The van der Waals surface area contributed by atoms with E-state index < -0.39 is 0 Å². The number of rotatable bonds is 6. The van der Waals surface area contributed by atoms with Crippen LogP contribution < -0.4 is 5.32 Å². The van der Waals surface area contributed by atoms with Gasteiger partial charge >= 0.3 is 0 Å². The summed E-state index contributed by atoms with van der Waals surface area (Å²) in [5.41, 5.74) is 5.09. The standard InChI is InChI=1S/C22H21N5S/c1-3-19-20(21(28-2)26-27(19)17-12-8-5-9-13-17)18-14-15-23-22(25-18)24-16-10-6-4-7-11-16/h4-15H,3H2,1-2H3,(H,23,24,25). The summed E-state index contributed by atoms with van der Waals surface area (Å²) in [6.45, 7) is 2.15. The Morgan fingerprint density at radius 2 is 1.68 bits per heavy atom. The van der Waals surface area contributed by atoms with E-state index in [9.17, 15) is 0 Å². The Hall–Kier alpha value is -3.12. The van der Waals surface area contributed by atoms with Crippen molar-refractivity contribution in [1.82, 2.24) is 19.7 Å². The maximum atomic E-state index is 4.86. The van der Waals surface area contributed by atoms with Gasteiger partial charge in [-0.15, -0.1) is 11.8 Å². The van der Waals surface area contributed by atoms with Crippen LogP contribution in [0.15, 0.2) is 78.0 Å². The molecule has 0 radical (unpaired) electrons. The summed E-state index contributed by atoms with van der Waals surface area (Å²) in [6, 6.07) is 22.1. The molecule has 2 heterocycles. The van der Waals surface area contributed by atoms with Crippen LogP contribution in [0.3, 0.4) is 0 Å². The molecular formula is C22H21N5S. The lowest BCUT2D eigenvalue weighted by molar-refractivity contribution is 0.790. The van der Waals surface area contributed by atoms with Gasteiger partial charge in [-0.3, -0.25) is 0 Å². The Labute approximate surface area is 168 Å². The fourth-order valence-electron chi connectivity index (χ4n) is 3.15. The van der Waals surface area contributed by atoms with Crippen LogP contribution in [-0.4, -0.2) is 26.0 Å². The Bertz CT molecular complexity index is 1060. The Morgan fingerprint density at radius 1 is 0.964 bits per heavy atom. The highest BCUT2D eigenvalue weighted by Gasteiger charge is 2.20. The highest BCUT2D eigenvalue weighted by atomic mass is 32.2. The second kappa shape index (κ2) is 8.27. The number of thioether (sulfide) groups is 1. The third-order valence-corrected chi connectivity index (χ3v) is 5.09. The molecule has 0 saturated heterocycles. The van der Waals surface area contributed by atoms with Crippen LogP contribution in [0, 0.1) is 0 Å². The van der Waals surface area contributed by atoms with Crippen molar-refractivity contribution in [1.29, 1.82) is 0 Å². The molecule has 0 aliphatic carbocycles. The van der Waals surface area contributed by atoms with E-state index in [1.165, 1.54) is 0 Å². The first kappa shape index (κ1) is 18.3. The zero-order valence-corrected chi connectivity index (χ0v) is 16.6. The molecule has 0 aliphatic heterocycles. The minimum absolute atomic E-state index is 0.574. The maximum absolute atomic E-state index is 4.86. The van der Waals surface area contributed by atoms with Crippen molar-refractivity contribution in [3.05, 3.63) is 78.6 Å². The zero-order valence-electron chi connectivity index (χ0n) is 15.8. The molecule has 5 nitrogen and oxygen atoms in total. The van der Waals surface area contributed by atoms with E-state index >= 15 is 0 Å². The SMILES string of the molecule is CCc1c(-c2ccnc(Nc3ccccc3)n2)c(SC)nn1-c1ccccc1. The quantitative estimate of drug-likeness (QED) is 0.452. The molecule has 28 heavy (non-hydrogen) atoms. The van der Waals surface area contributed by atoms with E-state index in [4.69, 9.17) is 10.1 Å². The number of aromatic nitrogens is 4. The number of para-hydroxylation sites is 2. The molecular weight excluding hydrogens is 366 g/mol. The van der Waals surface area contributed by atoms with Gasteiger partial charge in [0.1, 0.15) is 5.03 Å². The molecule has 2 aromatic heterocycles. The first-order valence-corrected chi connectivity index (χ1v) is 10.4. The molecule has 4 rings (SSSR count). The third-order valence-electron chi connectivity index (χ3n) is 4.42. The first-order valence-electron chi connectivity index (χ1n) is 9.17.